The number of nitrogens with one attached hydrogen (secondary N) is 2. The summed E-state index contributed by atoms with van der Waals surface area (Å²) in [6, 6.07) is 3.59. The Morgan fingerprint density at radius 3 is 3.05 bits per heavy atom. The van der Waals surface area contributed by atoms with Crippen LogP contribution in [0, 0.1) is 0 Å². The van der Waals surface area contributed by atoms with Crippen LogP contribution in [-0.4, -0.2) is 29.6 Å². The molecule has 1 aromatic heterocycles. The van der Waals surface area contributed by atoms with Crippen molar-refractivity contribution in [3.63, 3.8) is 0 Å². The van der Waals surface area contributed by atoms with Gasteiger partial charge in [0.1, 0.15) is 11.3 Å². The molecule has 0 spiro atoms. The van der Waals surface area contributed by atoms with Crippen molar-refractivity contribution in [2.24, 2.45) is 0 Å². The summed E-state index contributed by atoms with van der Waals surface area (Å²) in [6.07, 6.45) is 3.06. The lowest BCUT2D eigenvalue weighted by Gasteiger charge is -2.25. The minimum Gasteiger partial charge on any atom is -0.441 e. The lowest BCUT2D eigenvalue weighted by molar-refractivity contribution is -0.119. The van der Waals surface area contributed by atoms with Gasteiger partial charge in [-0.2, -0.15) is 0 Å². The molecule has 2 unspecified atom stereocenters. The largest absolute Gasteiger partial charge is 0.441 e. The molecule has 0 aromatic carbocycles. The zero-order valence-electron chi connectivity index (χ0n) is 12.1. The third-order valence-electron chi connectivity index (χ3n) is 4.03. The van der Waals surface area contributed by atoms with Crippen LogP contribution in [0.1, 0.15) is 43.0 Å². The fraction of sp³-hybridized carbons (Fsp3) is 0.533. The second-order valence-corrected chi connectivity index (χ2v) is 6.03. The second kappa shape index (κ2) is 6.52. The van der Waals surface area contributed by atoms with E-state index in [4.69, 9.17) is 16.3 Å². The number of halogens is 1. The molecule has 2 heterocycles. The van der Waals surface area contributed by atoms with Gasteiger partial charge in [-0.1, -0.05) is 17.7 Å². The van der Waals surface area contributed by atoms with E-state index in [1.165, 1.54) is 0 Å². The van der Waals surface area contributed by atoms with Gasteiger partial charge in [0.25, 0.3) is 0 Å². The maximum atomic E-state index is 11.9. The number of pyridine rings is 1. The Hall–Kier alpha value is -1.82. The average Bonchev–Trinajstić information content (AvgIpc) is 2.91. The summed E-state index contributed by atoms with van der Waals surface area (Å²) < 4.78 is 5.50. The third kappa shape index (κ3) is 3.50. The first-order chi connectivity index (χ1) is 10.6. The maximum absolute atomic E-state index is 11.9. The normalized spacial score (nSPS) is 23.6. The summed E-state index contributed by atoms with van der Waals surface area (Å²) in [5, 5.41) is 5.97. The van der Waals surface area contributed by atoms with Crippen molar-refractivity contribution in [3.05, 3.63) is 28.5 Å². The number of ether oxygens (including phenoxy) is 1. The second-order valence-electron chi connectivity index (χ2n) is 5.64. The molecule has 6 nitrogen and oxygen atoms in total. The Labute approximate surface area is 133 Å². The van der Waals surface area contributed by atoms with Crippen molar-refractivity contribution in [2.75, 3.05) is 6.54 Å². The van der Waals surface area contributed by atoms with Gasteiger partial charge in [-0.15, -0.1) is 0 Å². The topological polar surface area (TPSA) is 80.3 Å². The number of amides is 2. The first-order valence-corrected chi connectivity index (χ1v) is 7.89. The Bertz CT molecular complexity index is 593. The van der Waals surface area contributed by atoms with Crippen LogP contribution in [0.15, 0.2) is 12.1 Å². The summed E-state index contributed by atoms with van der Waals surface area (Å²) >= 11 is 5.90. The summed E-state index contributed by atoms with van der Waals surface area (Å²) in [5.41, 5.74) is 1.83. The molecule has 1 fully saturated rings. The predicted octanol–water partition coefficient (Wildman–Crippen LogP) is 2.12. The average molecular weight is 324 g/mol. The number of hydrogen-bond donors (Lipinski definition) is 2. The van der Waals surface area contributed by atoms with Gasteiger partial charge in [-0.25, -0.2) is 9.78 Å². The first-order valence-electron chi connectivity index (χ1n) is 7.51. The van der Waals surface area contributed by atoms with Crippen molar-refractivity contribution >= 4 is 23.6 Å². The van der Waals surface area contributed by atoms with E-state index in [9.17, 15) is 9.59 Å². The number of carbonyl (C=O) groups is 2. The third-order valence-corrected chi connectivity index (χ3v) is 4.24. The molecule has 1 aliphatic heterocycles. The van der Waals surface area contributed by atoms with E-state index < -0.39 is 6.09 Å². The van der Waals surface area contributed by atoms with Gasteiger partial charge < -0.3 is 15.4 Å². The molecule has 2 aliphatic rings. The smallest absolute Gasteiger partial charge is 0.407 e. The SMILES string of the molecule is O=C1CCC(CNC(=O)OC2CCCc3nc(Cl)ccc32)N1. The van der Waals surface area contributed by atoms with Crippen LogP contribution in [0.25, 0.3) is 0 Å². The molecule has 1 saturated heterocycles. The maximum Gasteiger partial charge on any atom is 0.407 e. The molecule has 1 aliphatic carbocycles. The van der Waals surface area contributed by atoms with Crippen LogP contribution < -0.4 is 10.6 Å². The van der Waals surface area contributed by atoms with Crippen molar-refractivity contribution in [1.29, 1.82) is 0 Å². The molecule has 0 bridgehead atoms. The van der Waals surface area contributed by atoms with E-state index in [1.807, 2.05) is 6.07 Å². The van der Waals surface area contributed by atoms with E-state index in [0.717, 1.165) is 36.9 Å². The highest BCUT2D eigenvalue weighted by atomic mass is 35.5. The molecule has 2 N–H and O–H groups in total. The predicted molar refractivity (Wildman–Crippen MR) is 80.6 cm³/mol. The summed E-state index contributed by atoms with van der Waals surface area (Å²) in [4.78, 5) is 27.3. The van der Waals surface area contributed by atoms with Crippen LogP contribution in [0.5, 0.6) is 0 Å². The van der Waals surface area contributed by atoms with Gasteiger partial charge in [0, 0.05) is 30.3 Å². The quantitative estimate of drug-likeness (QED) is 0.835. The van der Waals surface area contributed by atoms with E-state index in [2.05, 4.69) is 15.6 Å². The van der Waals surface area contributed by atoms with Gasteiger partial charge in [0.05, 0.1) is 0 Å². The minimum atomic E-state index is -0.464. The van der Waals surface area contributed by atoms with Crippen molar-refractivity contribution in [1.82, 2.24) is 15.6 Å². The standard InChI is InChI=1S/C15H18ClN3O3/c16-13-6-5-10-11(19-13)2-1-3-12(10)22-15(21)17-8-9-4-7-14(20)18-9/h5-6,9,12H,1-4,7-8H2,(H,17,21)(H,18,20). The Kier molecular flexibility index (Phi) is 4.47. The lowest BCUT2D eigenvalue weighted by atomic mass is 9.93. The van der Waals surface area contributed by atoms with Gasteiger partial charge in [-0.05, 0) is 31.7 Å². The van der Waals surface area contributed by atoms with Crippen LogP contribution in [0.4, 0.5) is 4.79 Å². The fourth-order valence-electron chi connectivity index (χ4n) is 2.92. The highest BCUT2D eigenvalue weighted by Gasteiger charge is 2.26. The molecular formula is C15H18ClN3O3. The van der Waals surface area contributed by atoms with Gasteiger partial charge in [0.15, 0.2) is 0 Å². The number of fused-ring (bicyclic) bond motifs is 1. The van der Waals surface area contributed by atoms with Gasteiger partial charge >= 0.3 is 6.09 Å². The first kappa shape index (κ1) is 15.1. The van der Waals surface area contributed by atoms with E-state index >= 15 is 0 Å². The number of aryl methyl sites for hydroxylation is 1. The van der Waals surface area contributed by atoms with Crippen molar-refractivity contribution in [3.8, 4) is 0 Å². The van der Waals surface area contributed by atoms with E-state index in [0.29, 0.717) is 18.1 Å². The van der Waals surface area contributed by atoms with Gasteiger partial charge in [-0.3, -0.25) is 4.79 Å². The molecule has 0 saturated carbocycles. The zero-order chi connectivity index (χ0) is 15.5. The Morgan fingerprint density at radius 1 is 1.41 bits per heavy atom. The fourth-order valence-corrected chi connectivity index (χ4v) is 3.08. The minimum absolute atomic E-state index is 0.000773. The summed E-state index contributed by atoms with van der Waals surface area (Å²) in [6.45, 7) is 0.392. The number of carbonyl (C=O) groups excluding carboxylic acids is 2. The molecule has 1 aromatic rings. The van der Waals surface area contributed by atoms with E-state index in [1.54, 1.807) is 6.07 Å². The Balaban J connectivity index is 1.55. The van der Waals surface area contributed by atoms with E-state index in [-0.39, 0.29) is 18.1 Å². The molecule has 2 atom stereocenters. The number of aromatic nitrogens is 1. The highest BCUT2D eigenvalue weighted by molar-refractivity contribution is 6.29. The molecule has 2 amide bonds. The molecular weight excluding hydrogens is 306 g/mol. The molecule has 118 valence electrons. The van der Waals surface area contributed by atoms with Crippen LogP contribution in [0.2, 0.25) is 5.15 Å². The number of hydrogen-bond acceptors (Lipinski definition) is 4. The number of alkyl carbamates (subject to hydrolysis) is 1. The molecule has 0 radical (unpaired) electrons. The number of nitrogens with zero attached hydrogens (tertiary/aromatic N) is 1. The summed E-state index contributed by atoms with van der Waals surface area (Å²) in [7, 11) is 0. The number of rotatable bonds is 3. The monoisotopic (exact) mass is 323 g/mol. The molecule has 3 rings (SSSR count). The van der Waals surface area contributed by atoms with Gasteiger partial charge in [0.2, 0.25) is 5.91 Å². The zero-order valence-corrected chi connectivity index (χ0v) is 12.9. The molecule has 22 heavy (non-hydrogen) atoms. The Morgan fingerprint density at radius 2 is 2.27 bits per heavy atom. The van der Waals surface area contributed by atoms with Crippen LogP contribution in [0.3, 0.4) is 0 Å². The lowest BCUT2D eigenvalue weighted by Crippen LogP contribution is -2.39. The molecule has 7 heteroatoms. The highest BCUT2D eigenvalue weighted by Crippen LogP contribution is 2.32. The van der Waals surface area contributed by atoms with Crippen LogP contribution >= 0.6 is 11.6 Å². The van der Waals surface area contributed by atoms with Crippen molar-refractivity contribution < 1.29 is 14.3 Å². The van der Waals surface area contributed by atoms with Crippen LogP contribution in [-0.2, 0) is 16.0 Å². The van der Waals surface area contributed by atoms with Crippen molar-refractivity contribution in [2.45, 2.75) is 44.2 Å². The summed E-state index contributed by atoms with van der Waals surface area (Å²) in [5.74, 6) is 0.0318.